The minimum absolute atomic E-state index is 0.185. The van der Waals surface area contributed by atoms with Crippen molar-refractivity contribution in [2.75, 3.05) is 13.1 Å². The van der Waals surface area contributed by atoms with Crippen LogP contribution in [0.15, 0.2) is 0 Å². The monoisotopic (exact) mass is 398 g/mol. The molecule has 1 heterocycles. The van der Waals surface area contributed by atoms with E-state index in [0.717, 1.165) is 0 Å². The number of rotatable bonds is 4. The average Bonchev–Trinajstić information content (AvgIpc) is 2.73. The predicted octanol–water partition coefficient (Wildman–Crippen LogP) is 2.10. The summed E-state index contributed by atoms with van der Waals surface area (Å²) in [5.41, 5.74) is -0.496. The van der Waals surface area contributed by atoms with Crippen molar-refractivity contribution in [3.8, 4) is 0 Å². The quantitative estimate of drug-likeness (QED) is 0.458. The van der Waals surface area contributed by atoms with Crippen molar-refractivity contribution in [3.63, 3.8) is 0 Å². The number of carboxylic acids is 1. The summed E-state index contributed by atoms with van der Waals surface area (Å²) in [5.74, 6) is -3.86. The molecule has 0 saturated heterocycles. The number of halogens is 4. The van der Waals surface area contributed by atoms with E-state index in [1.807, 2.05) is 5.32 Å². The molecular formula is C12H6Cl4N2O5. The molecule has 2 rings (SSSR count). The fourth-order valence-electron chi connectivity index (χ4n) is 1.91. The van der Waals surface area contributed by atoms with Gasteiger partial charge >= 0.3 is 5.97 Å². The molecule has 0 fully saturated rings. The molecule has 1 aromatic rings. The molecule has 0 aliphatic carbocycles. The third-order valence-corrected chi connectivity index (χ3v) is 4.73. The van der Waals surface area contributed by atoms with E-state index in [1.54, 1.807) is 0 Å². The van der Waals surface area contributed by atoms with Gasteiger partial charge in [0.2, 0.25) is 5.91 Å². The molecule has 11 heteroatoms. The minimum atomic E-state index is -1.27. The van der Waals surface area contributed by atoms with Gasteiger partial charge in [0.25, 0.3) is 11.8 Å². The Morgan fingerprint density at radius 1 is 0.913 bits per heavy atom. The number of amides is 3. The number of imide groups is 1. The Morgan fingerprint density at radius 2 is 1.35 bits per heavy atom. The zero-order valence-corrected chi connectivity index (χ0v) is 14.0. The van der Waals surface area contributed by atoms with Crippen LogP contribution in [0.25, 0.3) is 0 Å². The van der Waals surface area contributed by atoms with Crippen molar-refractivity contribution in [1.29, 1.82) is 0 Å². The number of hydrogen-bond acceptors (Lipinski definition) is 4. The Morgan fingerprint density at radius 3 is 1.74 bits per heavy atom. The fourth-order valence-corrected chi connectivity index (χ4v) is 2.93. The van der Waals surface area contributed by atoms with E-state index in [0.29, 0.717) is 4.90 Å². The number of carboxylic acid groups (broad SMARTS) is 1. The van der Waals surface area contributed by atoms with Gasteiger partial charge < -0.3 is 10.4 Å². The van der Waals surface area contributed by atoms with Gasteiger partial charge in [0.05, 0.1) is 31.2 Å². The van der Waals surface area contributed by atoms with Crippen molar-refractivity contribution in [2.24, 2.45) is 0 Å². The maximum atomic E-state index is 12.3. The van der Waals surface area contributed by atoms with E-state index in [9.17, 15) is 19.2 Å². The van der Waals surface area contributed by atoms with Crippen molar-refractivity contribution in [1.82, 2.24) is 10.2 Å². The lowest BCUT2D eigenvalue weighted by molar-refractivity contribution is -0.137. The van der Waals surface area contributed by atoms with E-state index in [2.05, 4.69) is 0 Å². The van der Waals surface area contributed by atoms with Crippen LogP contribution in [0, 0.1) is 0 Å². The average molecular weight is 400 g/mol. The van der Waals surface area contributed by atoms with E-state index < -0.39 is 36.8 Å². The molecule has 0 spiro atoms. The molecule has 0 saturated carbocycles. The van der Waals surface area contributed by atoms with Crippen LogP contribution in [-0.2, 0) is 9.59 Å². The number of carbonyl (C=O) groups is 4. The van der Waals surface area contributed by atoms with Gasteiger partial charge in [0.15, 0.2) is 0 Å². The normalized spacial score (nSPS) is 13.3. The van der Waals surface area contributed by atoms with Crippen LogP contribution in [0.2, 0.25) is 20.1 Å². The Hall–Kier alpha value is -1.54. The zero-order valence-electron chi connectivity index (χ0n) is 11.0. The van der Waals surface area contributed by atoms with Gasteiger partial charge in [-0.3, -0.25) is 24.1 Å². The molecule has 0 atom stereocenters. The molecule has 0 radical (unpaired) electrons. The molecule has 122 valence electrons. The van der Waals surface area contributed by atoms with Crippen molar-refractivity contribution >= 4 is 70.1 Å². The molecule has 1 aromatic carbocycles. The zero-order chi connectivity index (χ0) is 17.5. The highest BCUT2D eigenvalue weighted by Gasteiger charge is 2.42. The maximum Gasteiger partial charge on any atom is 0.322 e. The molecule has 23 heavy (non-hydrogen) atoms. The first-order valence-electron chi connectivity index (χ1n) is 5.87. The molecule has 1 aliphatic rings. The minimum Gasteiger partial charge on any atom is -0.480 e. The van der Waals surface area contributed by atoms with Gasteiger partial charge in [-0.2, -0.15) is 0 Å². The molecule has 0 aromatic heterocycles. The topological polar surface area (TPSA) is 104 Å². The van der Waals surface area contributed by atoms with Gasteiger partial charge in [-0.1, -0.05) is 46.4 Å². The smallest absolute Gasteiger partial charge is 0.322 e. The highest BCUT2D eigenvalue weighted by Crippen LogP contribution is 2.44. The highest BCUT2D eigenvalue weighted by atomic mass is 35.5. The second-order valence-electron chi connectivity index (χ2n) is 4.37. The van der Waals surface area contributed by atoms with Crippen LogP contribution >= 0.6 is 46.4 Å². The van der Waals surface area contributed by atoms with E-state index >= 15 is 0 Å². The maximum absolute atomic E-state index is 12.3. The van der Waals surface area contributed by atoms with Crippen LogP contribution in [0.5, 0.6) is 0 Å². The van der Waals surface area contributed by atoms with E-state index in [-0.39, 0.29) is 31.2 Å². The molecule has 0 unspecified atom stereocenters. The van der Waals surface area contributed by atoms with Crippen LogP contribution in [0.3, 0.4) is 0 Å². The van der Waals surface area contributed by atoms with Crippen molar-refractivity contribution < 1.29 is 24.3 Å². The van der Waals surface area contributed by atoms with Crippen LogP contribution in [0.1, 0.15) is 20.7 Å². The lowest BCUT2D eigenvalue weighted by Gasteiger charge is -2.12. The second-order valence-corrected chi connectivity index (χ2v) is 5.88. The van der Waals surface area contributed by atoms with Crippen molar-refractivity contribution in [2.45, 2.75) is 0 Å². The first-order valence-corrected chi connectivity index (χ1v) is 7.38. The number of fused-ring (bicyclic) bond motifs is 1. The fraction of sp³-hybridized carbons (Fsp3) is 0.167. The van der Waals surface area contributed by atoms with Gasteiger partial charge in [-0.25, -0.2) is 0 Å². The summed E-state index contributed by atoms with van der Waals surface area (Å²) >= 11 is 23.5. The number of aliphatic carboxylic acids is 1. The van der Waals surface area contributed by atoms with E-state index in [4.69, 9.17) is 51.5 Å². The number of benzene rings is 1. The molecular weight excluding hydrogens is 394 g/mol. The second kappa shape index (κ2) is 6.52. The third kappa shape index (κ3) is 3.10. The molecule has 1 aliphatic heterocycles. The first kappa shape index (κ1) is 17.8. The summed E-state index contributed by atoms with van der Waals surface area (Å²) in [6.07, 6.45) is 0. The summed E-state index contributed by atoms with van der Waals surface area (Å²) in [4.78, 5) is 47.1. The lowest BCUT2D eigenvalue weighted by Crippen LogP contribution is -2.41. The SMILES string of the molecule is O=C(O)CNC(=O)CN1C(=O)c2c(Cl)c(Cl)c(Cl)c(Cl)c2C1=O. The Balaban J connectivity index is 2.35. The summed E-state index contributed by atoms with van der Waals surface area (Å²) < 4.78 is 0. The Kier molecular flexibility index (Phi) is 5.05. The van der Waals surface area contributed by atoms with E-state index in [1.165, 1.54) is 0 Å². The summed E-state index contributed by atoms with van der Waals surface area (Å²) in [5, 5.41) is 9.64. The summed E-state index contributed by atoms with van der Waals surface area (Å²) in [6.45, 7) is -1.34. The number of nitrogens with zero attached hydrogens (tertiary/aromatic N) is 1. The van der Waals surface area contributed by atoms with Crippen molar-refractivity contribution in [3.05, 3.63) is 31.2 Å². The molecule has 2 N–H and O–H groups in total. The number of nitrogens with one attached hydrogen (secondary N) is 1. The molecule has 7 nitrogen and oxygen atoms in total. The van der Waals surface area contributed by atoms with Gasteiger partial charge in [-0.05, 0) is 0 Å². The largest absolute Gasteiger partial charge is 0.480 e. The van der Waals surface area contributed by atoms with Gasteiger partial charge in [0.1, 0.15) is 13.1 Å². The Labute approximate surface area is 149 Å². The summed E-state index contributed by atoms with van der Waals surface area (Å²) in [6, 6.07) is 0. The van der Waals surface area contributed by atoms with Crippen LogP contribution in [-0.4, -0.2) is 46.8 Å². The third-order valence-electron chi connectivity index (χ3n) is 2.92. The Bertz CT molecular complexity index is 718. The predicted molar refractivity (Wildman–Crippen MR) is 82.5 cm³/mol. The number of hydrogen-bond donors (Lipinski definition) is 2. The van der Waals surface area contributed by atoms with Crippen LogP contribution < -0.4 is 5.32 Å². The number of carbonyl (C=O) groups excluding carboxylic acids is 3. The standard InChI is InChI=1S/C12H6Cl4N2O5/c13-7-5-6(8(14)10(16)9(7)15)12(23)18(11(5)22)2-3(19)17-1-4(20)21/h1-2H2,(H,17,19)(H,20,21). The first-order chi connectivity index (χ1) is 10.7. The van der Waals surface area contributed by atoms with Crippen LogP contribution in [0.4, 0.5) is 0 Å². The lowest BCUT2D eigenvalue weighted by atomic mass is 10.1. The van der Waals surface area contributed by atoms with Gasteiger partial charge in [0, 0.05) is 0 Å². The highest BCUT2D eigenvalue weighted by molar-refractivity contribution is 6.55. The summed E-state index contributed by atoms with van der Waals surface area (Å²) in [7, 11) is 0. The van der Waals surface area contributed by atoms with Gasteiger partial charge in [-0.15, -0.1) is 0 Å². The molecule has 0 bridgehead atoms. The molecule has 3 amide bonds.